The van der Waals surface area contributed by atoms with Crippen LogP contribution in [0.3, 0.4) is 0 Å². The first-order chi connectivity index (χ1) is 11.2. The van der Waals surface area contributed by atoms with Gasteiger partial charge in [0.15, 0.2) is 0 Å². The first-order valence-corrected chi connectivity index (χ1v) is 7.83. The Morgan fingerprint density at radius 3 is 3.00 bits per heavy atom. The number of fused-ring (bicyclic) bond motifs is 2. The van der Waals surface area contributed by atoms with Crippen LogP contribution < -0.4 is 10.1 Å². The molecule has 4 nitrogen and oxygen atoms in total. The van der Waals surface area contributed by atoms with Crippen molar-refractivity contribution in [3.63, 3.8) is 0 Å². The second-order valence-electron chi connectivity index (χ2n) is 5.96. The molecule has 2 heterocycles. The summed E-state index contributed by atoms with van der Waals surface area (Å²) in [5.74, 6) is 1.04. The molecule has 0 saturated carbocycles. The van der Waals surface area contributed by atoms with Crippen molar-refractivity contribution in [1.29, 1.82) is 0 Å². The fraction of sp³-hybridized carbons (Fsp3) is 0.211. The van der Waals surface area contributed by atoms with Crippen LogP contribution >= 0.6 is 0 Å². The monoisotopic (exact) mass is 306 g/mol. The van der Waals surface area contributed by atoms with Crippen molar-refractivity contribution >= 4 is 16.8 Å². The standard InChI is InChI=1S/C19H18N2O2/c1-12(16-11-23-17-8-3-2-6-14(16)17)21-19(22)15-7-4-5-13-9-10-20-18(13)15/h2-10,12,16,20H,11H2,1H3,(H,21,22)/t12-,16-/m0/s1. The molecule has 1 aliphatic rings. The van der Waals surface area contributed by atoms with E-state index in [2.05, 4.69) is 16.4 Å². The highest BCUT2D eigenvalue weighted by Gasteiger charge is 2.29. The average Bonchev–Trinajstić information content (AvgIpc) is 3.20. The molecule has 0 fully saturated rings. The van der Waals surface area contributed by atoms with Gasteiger partial charge in [0.1, 0.15) is 5.75 Å². The summed E-state index contributed by atoms with van der Waals surface area (Å²) in [6, 6.07) is 15.7. The molecule has 4 heteroatoms. The zero-order valence-corrected chi connectivity index (χ0v) is 12.9. The summed E-state index contributed by atoms with van der Waals surface area (Å²) in [7, 11) is 0. The number of aromatic nitrogens is 1. The van der Waals surface area contributed by atoms with Gasteiger partial charge in [-0.05, 0) is 25.1 Å². The van der Waals surface area contributed by atoms with Gasteiger partial charge in [-0.3, -0.25) is 4.79 Å². The quantitative estimate of drug-likeness (QED) is 0.778. The maximum absolute atomic E-state index is 12.7. The summed E-state index contributed by atoms with van der Waals surface area (Å²) in [5.41, 5.74) is 2.71. The number of para-hydroxylation sites is 2. The minimum Gasteiger partial charge on any atom is -0.493 e. The van der Waals surface area contributed by atoms with E-state index in [1.165, 1.54) is 5.56 Å². The van der Waals surface area contributed by atoms with Gasteiger partial charge in [0.05, 0.1) is 17.7 Å². The zero-order chi connectivity index (χ0) is 15.8. The van der Waals surface area contributed by atoms with Crippen LogP contribution in [0, 0.1) is 0 Å². The molecular formula is C19H18N2O2. The molecule has 2 aromatic carbocycles. The molecule has 0 saturated heterocycles. The molecule has 0 aliphatic carbocycles. The molecule has 116 valence electrons. The van der Waals surface area contributed by atoms with Crippen LogP contribution in [-0.4, -0.2) is 23.5 Å². The number of carbonyl (C=O) groups is 1. The SMILES string of the molecule is C[C@H](NC(=O)c1cccc2cc[nH]c12)[C@@H]1COc2ccccc21. The highest BCUT2D eigenvalue weighted by Crippen LogP contribution is 2.35. The highest BCUT2D eigenvalue weighted by molar-refractivity contribution is 6.05. The van der Waals surface area contributed by atoms with E-state index in [9.17, 15) is 4.79 Å². The van der Waals surface area contributed by atoms with E-state index in [1.54, 1.807) is 0 Å². The van der Waals surface area contributed by atoms with E-state index in [-0.39, 0.29) is 17.9 Å². The van der Waals surface area contributed by atoms with Crippen LogP contribution in [0.1, 0.15) is 28.8 Å². The van der Waals surface area contributed by atoms with Gasteiger partial charge >= 0.3 is 0 Å². The molecule has 2 atom stereocenters. The van der Waals surface area contributed by atoms with Crippen LogP contribution in [0.15, 0.2) is 54.7 Å². The van der Waals surface area contributed by atoms with Crippen LogP contribution in [0.4, 0.5) is 0 Å². The van der Waals surface area contributed by atoms with Crippen molar-refractivity contribution in [1.82, 2.24) is 10.3 Å². The molecule has 0 unspecified atom stereocenters. The molecular weight excluding hydrogens is 288 g/mol. The van der Waals surface area contributed by atoms with Gasteiger partial charge in [0.2, 0.25) is 0 Å². The number of aromatic amines is 1. The van der Waals surface area contributed by atoms with Gasteiger partial charge < -0.3 is 15.0 Å². The summed E-state index contributed by atoms with van der Waals surface area (Å²) in [5, 5.41) is 4.16. The number of H-pyrrole nitrogens is 1. The molecule has 3 aromatic rings. The predicted molar refractivity (Wildman–Crippen MR) is 89.9 cm³/mol. The third kappa shape index (κ3) is 2.36. The normalized spacial score (nSPS) is 17.5. The van der Waals surface area contributed by atoms with E-state index in [4.69, 9.17) is 4.74 Å². The Hall–Kier alpha value is -2.75. The van der Waals surface area contributed by atoms with Crippen molar-refractivity contribution in [2.24, 2.45) is 0 Å². The van der Waals surface area contributed by atoms with Crippen molar-refractivity contribution < 1.29 is 9.53 Å². The number of carbonyl (C=O) groups excluding carboxylic acids is 1. The molecule has 0 radical (unpaired) electrons. The topological polar surface area (TPSA) is 54.1 Å². The summed E-state index contributed by atoms with van der Waals surface area (Å²) < 4.78 is 5.72. The minimum absolute atomic E-state index is 0.00336. The third-order valence-corrected chi connectivity index (χ3v) is 4.53. The Balaban J connectivity index is 1.56. The first-order valence-electron chi connectivity index (χ1n) is 7.83. The van der Waals surface area contributed by atoms with E-state index < -0.39 is 0 Å². The lowest BCUT2D eigenvalue weighted by Gasteiger charge is -2.20. The van der Waals surface area contributed by atoms with Crippen molar-refractivity contribution in [2.75, 3.05) is 6.61 Å². The number of hydrogen-bond acceptors (Lipinski definition) is 2. The Morgan fingerprint density at radius 2 is 2.09 bits per heavy atom. The minimum atomic E-state index is -0.0602. The maximum Gasteiger partial charge on any atom is 0.253 e. The summed E-state index contributed by atoms with van der Waals surface area (Å²) in [6.45, 7) is 2.64. The summed E-state index contributed by atoms with van der Waals surface area (Å²) in [6.07, 6.45) is 1.85. The molecule has 0 spiro atoms. The third-order valence-electron chi connectivity index (χ3n) is 4.53. The number of rotatable bonds is 3. The van der Waals surface area contributed by atoms with E-state index in [0.29, 0.717) is 12.2 Å². The number of nitrogens with one attached hydrogen (secondary N) is 2. The van der Waals surface area contributed by atoms with Crippen LogP contribution in [0.5, 0.6) is 5.75 Å². The molecule has 0 bridgehead atoms. The van der Waals surface area contributed by atoms with E-state index in [1.807, 2.05) is 55.6 Å². The second-order valence-corrected chi connectivity index (χ2v) is 5.96. The van der Waals surface area contributed by atoms with Gasteiger partial charge in [-0.15, -0.1) is 0 Å². The summed E-state index contributed by atoms with van der Waals surface area (Å²) >= 11 is 0. The Kier molecular flexibility index (Phi) is 3.30. The van der Waals surface area contributed by atoms with Crippen molar-refractivity contribution in [3.8, 4) is 5.75 Å². The largest absolute Gasteiger partial charge is 0.493 e. The lowest BCUT2D eigenvalue weighted by atomic mass is 9.94. The Morgan fingerprint density at radius 1 is 1.22 bits per heavy atom. The zero-order valence-electron chi connectivity index (χ0n) is 12.9. The molecule has 1 aromatic heterocycles. The highest BCUT2D eigenvalue weighted by atomic mass is 16.5. The molecule has 2 N–H and O–H groups in total. The fourth-order valence-electron chi connectivity index (χ4n) is 3.26. The number of benzene rings is 2. The van der Waals surface area contributed by atoms with Crippen molar-refractivity contribution in [3.05, 3.63) is 65.9 Å². The maximum atomic E-state index is 12.7. The van der Waals surface area contributed by atoms with Gasteiger partial charge in [0, 0.05) is 29.1 Å². The van der Waals surface area contributed by atoms with Gasteiger partial charge in [-0.2, -0.15) is 0 Å². The van der Waals surface area contributed by atoms with Gasteiger partial charge in [0.25, 0.3) is 5.91 Å². The lowest BCUT2D eigenvalue weighted by Crippen LogP contribution is -2.37. The molecule has 23 heavy (non-hydrogen) atoms. The van der Waals surface area contributed by atoms with Crippen LogP contribution in [0.25, 0.3) is 10.9 Å². The predicted octanol–water partition coefficient (Wildman–Crippen LogP) is 3.46. The van der Waals surface area contributed by atoms with Gasteiger partial charge in [-0.1, -0.05) is 30.3 Å². The van der Waals surface area contributed by atoms with Gasteiger partial charge in [-0.25, -0.2) is 0 Å². The second kappa shape index (κ2) is 5.47. The average molecular weight is 306 g/mol. The Labute approximate surface area is 134 Å². The van der Waals surface area contributed by atoms with Crippen LogP contribution in [0.2, 0.25) is 0 Å². The molecule has 1 amide bonds. The number of ether oxygens (including phenoxy) is 1. The van der Waals surface area contributed by atoms with E-state index in [0.717, 1.165) is 16.7 Å². The van der Waals surface area contributed by atoms with Crippen LogP contribution in [-0.2, 0) is 0 Å². The van der Waals surface area contributed by atoms with E-state index >= 15 is 0 Å². The fourth-order valence-corrected chi connectivity index (χ4v) is 3.26. The number of hydrogen-bond donors (Lipinski definition) is 2. The molecule has 4 rings (SSSR count). The first kappa shape index (κ1) is 13.9. The number of amides is 1. The molecule has 1 aliphatic heterocycles. The summed E-state index contributed by atoms with van der Waals surface area (Å²) in [4.78, 5) is 15.8. The van der Waals surface area contributed by atoms with Crippen molar-refractivity contribution in [2.45, 2.75) is 18.9 Å². The smallest absolute Gasteiger partial charge is 0.253 e. The lowest BCUT2D eigenvalue weighted by molar-refractivity contribution is 0.0934. The Bertz CT molecular complexity index is 868.